The van der Waals surface area contributed by atoms with E-state index in [2.05, 4.69) is 29.2 Å². The van der Waals surface area contributed by atoms with Gasteiger partial charge < -0.3 is 0 Å². The number of benzene rings is 1. The van der Waals surface area contributed by atoms with Gasteiger partial charge in [-0.2, -0.15) is 0 Å². The Morgan fingerprint density at radius 3 is 2.75 bits per heavy atom. The number of hydrogen-bond acceptors (Lipinski definition) is 2. The van der Waals surface area contributed by atoms with Crippen molar-refractivity contribution in [2.45, 2.75) is 19.4 Å². The zero-order valence-electron chi connectivity index (χ0n) is 9.43. The van der Waals surface area contributed by atoms with Crippen LogP contribution in [0.5, 0.6) is 0 Å². The van der Waals surface area contributed by atoms with Crippen molar-refractivity contribution in [2.24, 2.45) is 11.8 Å². The van der Waals surface area contributed by atoms with Crippen LogP contribution in [0, 0.1) is 11.8 Å². The third-order valence-corrected chi connectivity index (χ3v) is 3.94. The van der Waals surface area contributed by atoms with E-state index in [0.29, 0.717) is 17.6 Å². The molecule has 0 bridgehead atoms. The molecule has 16 heavy (non-hydrogen) atoms. The second kappa shape index (κ2) is 4.02. The molecule has 1 aliphatic heterocycles. The zero-order chi connectivity index (χ0) is 11.0. The van der Waals surface area contributed by atoms with E-state index in [4.69, 9.17) is 0 Å². The SMILES string of the molecule is O=C1CC[C@H]2CN(Cc3ccccc3)CC12. The van der Waals surface area contributed by atoms with Crippen molar-refractivity contribution in [1.82, 2.24) is 4.90 Å². The molecular weight excluding hydrogens is 198 g/mol. The second-order valence-electron chi connectivity index (χ2n) is 5.05. The number of ketones is 1. The predicted octanol–water partition coefficient (Wildman–Crippen LogP) is 2.10. The maximum Gasteiger partial charge on any atom is 0.137 e. The molecule has 2 atom stereocenters. The van der Waals surface area contributed by atoms with Crippen LogP contribution >= 0.6 is 0 Å². The fourth-order valence-corrected chi connectivity index (χ4v) is 3.10. The first-order valence-corrected chi connectivity index (χ1v) is 6.12. The van der Waals surface area contributed by atoms with Crippen molar-refractivity contribution in [3.05, 3.63) is 35.9 Å². The zero-order valence-corrected chi connectivity index (χ0v) is 9.43. The Kier molecular flexibility index (Phi) is 2.52. The summed E-state index contributed by atoms with van der Waals surface area (Å²) in [5, 5.41) is 0. The van der Waals surface area contributed by atoms with Gasteiger partial charge in [0.25, 0.3) is 0 Å². The highest BCUT2D eigenvalue weighted by Crippen LogP contribution is 2.35. The average Bonchev–Trinajstić information content (AvgIpc) is 2.83. The average molecular weight is 215 g/mol. The molecule has 2 heteroatoms. The quantitative estimate of drug-likeness (QED) is 0.753. The molecule has 1 saturated heterocycles. The first kappa shape index (κ1) is 10.0. The lowest BCUT2D eigenvalue weighted by molar-refractivity contribution is -0.120. The van der Waals surface area contributed by atoms with Crippen LogP contribution in [0.1, 0.15) is 18.4 Å². The number of carbonyl (C=O) groups is 1. The van der Waals surface area contributed by atoms with Gasteiger partial charge in [0, 0.05) is 32.0 Å². The highest BCUT2D eigenvalue weighted by molar-refractivity contribution is 5.84. The molecule has 1 heterocycles. The summed E-state index contributed by atoms with van der Waals surface area (Å²) in [6.07, 6.45) is 1.95. The molecule has 0 aromatic heterocycles. The normalized spacial score (nSPS) is 29.6. The van der Waals surface area contributed by atoms with Crippen LogP contribution in [0.15, 0.2) is 30.3 Å². The van der Waals surface area contributed by atoms with Crippen molar-refractivity contribution in [3.8, 4) is 0 Å². The fraction of sp³-hybridized carbons (Fsp3) is 0.500. The van der Waals surface area contributed by atoms with Gasteiger partial charge in [0.05, 0.1) is 0 Å². The topological polar surface area (TPSA) is 20.3 Å². The van der Waals surface area contributed by atoms with E-state index in [1.807, 2.05) is 6.07 Å². The van der Waals surface area contributed by atoms with Gasteiger partial charge in [0.2, 0.25) is 0 Å². The Morgan fingerprint density at radius 2 is 2.00 bits per heavy atom. The van der Waals surface area contributed by atoms with Crippen molar-refractivity contribution in [2.75, 3.05) is 13.1 Å². The van der Waals surface area contributed by atoms with Gasteiger partial charge in [-0.3, -0.25) is 9.69 Å². The van der Waals surface area contributed by atoms with Crippen molar-refractivity contribution in [3.63, 3.8) is 0 Å². The Labute approximate surface area is 96.3 Å². The monoisotopic (exact) mass is 215 g/mol. The minimum Gasteiger partial charge on any atom is -0.299 e. The molecule has 1 aliphatic carbocycles. The van der Waals surface area contributed by atoms with E-state index in [1.54, 1.807) is 0 Å². The second-order valence-corrected chi connectivity index (χ2v) is 5.05. The van der Waals surface area contributed by atoms with Crippen LogP contribution in [0.2, 0.25) is 0 Å². The molecule has 1 unspecified atom stereocenters. The number of carbonyl (C=O) groups excluding carboxylic acids is 1. The third kappa shape index (κ3) is 1.78. The number of hydrogen-bond donors (Lipinski definition) is 0. The molecule has 0 radical (unpaired) electrons. The summed E-state index contributed by atoms with van der Waals surface area (Å²) in [6.45, 7) is 3.10. The van der Waals surface area contributed by atoms with Gasteiger partial charge in [-0.05, 0) is 17.9 Å². The summed E-state index contributed by atoms with van der Waals surface area (Å²) in [5.41, 5.74) is 1.36. The summed E-state index contributed by atoms with van der Waals surface area (Å²) in [6, 6.07) is 10.5. The Bertz CT molecular complexity index is 387. The summed E-state index contributed by atoms with van der Waals surface area (Å²) in [7, 11) is 0. The van der Waals surface area contributed by atoms with E-state index in [-0.39, 0.29) is 0 Å². The molecule has 0 spiro atoms. The maximum absolute atomic E-state index is 11.6. The lowest BCUT2D eigenvalue weighted by atomic mass is 10.0. The van der Waals surface area contributed by atoms with Gasteiger partial charge in [-0.1, -0.05) is 30.3 Å². The number of fused-ring (bicyclic) bond motifs is 1. The number of nitrogens with zero attached hydrogens (tertiary/aromatic N) is 1. The molecular formula is C14H17NO. The van der Waals surface area contributed by atoms with Crippen LogP contribution < -0.4 is 0 Å². The van der Waals surface area contributed by atoms with E-state index in [1.165, 1.54) is 5.56 Å². The Hall–Kier alpha value is -1.15. The van der Waals surface area contributed by atoms with Crippen LogP contribution in [0.25, 0.3) is 0 Å². The third-order valence-electron chi connectivity index (χ3n) is 3.94. The molecule has 2 fully saturated rings. The standard InChI is InChI=1S/C14H17NO/c16-14-7-6-12-9-15(10-13(12)14)8-11-4-2-1-3-5-11/h1-5,12-13H,6-10H2/t12-,13?/m0/s1. The predicted molar refractivity (Wildman–Crippen MR) is 62.9 cm³/mol. The van der Waals surface area contributed by atoms with E-state index in [0.717, 1.165) is 32.5 Å². The molecule has 0 N–H and O–H groups in total. The van der Waals surface area contributed by atoms with E-state index in [9.17, 15) is 4.79 Å². The van der Waals surface area contributed by atoms with Crippen LogP contribution in [0.4, 0.5) is 0 Å². The highest BCUT2D eigenvalue weighted by atomic mass is 16.1. The van der Waals surface area contributed by atoms with E-state index < -0.39 is 0 Å². The van der Waals surface area contributed by atoms with Crippen LogP contribution in [0.3, 0.4) is 0 Å². The molecule has 1 aromatic rings. The summed E-state index contributed by atoms with van der Waals surface area (Å²) in [5.74, 6) is 1.50. The van der Waals surface area contributed by atoms with Gasteiger partial charge >= 0.3 is 0 Å². The number of likely N-dealkylation sites (tertiary alicyclic amines) is 1. The first-order chi connectivity index (χ1) is 7.83. The molecule has 1 aromatic carbocycles. The van der Waals surface area contributed by atoms with Crippen LogP contribution in [-0.2, 0) is 11.3 Å². The van der Waals surface area contributed by atoms with Gasteiger partial charge in [-0.25, -0.2) is 0 Å². The van der Waals surface area contributed by atoms with Gasteiger partial charge in [0.15, 0.2) is 0 Å². The molecule has 1 saturated carbocycles. The van der Waals surface area contributed by atoms with Crippen molar-refractivity contribution < 1.29 is 4.79 Å². The largest absolute Gasteiger partial charge is 0.299 e. The van der Waals surface area contributed by atoms with Crippen molar-refractivity contribution in [1.29, 1.82) is 0 Å². The number of Topliss-reactive ketones (excluding diaryl/α,β-unsaturated/α-hetero) is 1. The minimum absolute atomic E-state index is 0.351. The number of rotatable bonds is 2. The molecule has 0 amide bonds. The maximum atomic E-state index is 11.6. The molecule has 84 valence electrons. The smallest absolute Gasteiger partial charge is 0.137 e. The Morgan fingerprint density at radius 1 is 1.19 bits per heavy atom. The Balaban J connectivity index is 1.65. The first-order valence-electron chi connectivity index (χ1n) is 6.12. The van der Waals surface area contributed by atoms with Gasteiger partial charge in [0.1, 0.15) is 5.78 Å². The van der Waals surface area contributed by atoms with Crippen molar-refractivity contribution >= 4 is 5.78 Å². The fourth-order valence-electron chi connectivity index (χ4n) is 3.10. The molecule has 2 nitrogen and oxygen atoms in total. The lowest BCUT2D eigenvalue weighted by Gasteiger charge is -2.16. The summed E-state index contributed by atoms with van der Waals surface area (Å²) in [4.78, 5) is 14.1. The highest BCUT2D eigenvalue weighted by Gasteiger charge is 2.41. The minimum atomic E-state index is 0.351. The molecule has 2 aliphatic rings. The van der Waals surface area contributed by atoms with Gasteiger partial charge in [-0.15, -0.1) is 0 Å². The molecule has 3 rings (SSSR count). The lowest BCUT2D eigenvalue weighted by Crippen LogP contribution is -2.22. The van der Waals surface area contributed by atoms with E-state index >= 15 is 0 Å². The summed E-state index contributed by atoms with van der Waals surface area (Å²) >= 11 is 0. The van der Waals surface area contributed by atoms with Crippen LogP contribution in [-0.4, -0.2) is 23.8 Å². The summed E-state index contributed by atoms with van der Waals surface area (Å²) < 4.78 is 0.